The molecule has 2 N–H and O–H groups in total. The van der Waals surface area contributed by atoms with Gasteiger partial charge in [-0.25, -0.2) is 14.8 Å². The minimum atomic E-state index is -0.317. The number of carbonyl (C=O) groups excluding carboxylic acids is 1. The Bertz CT molecular complexity index is 334. The minimum Gasteiger partial charge on any atom is -0.379 e. The fraction of sp³-hybridized carbons (Fsp3) is 0.545. The highest BCUT2D eigenvalue weighted by atomic mass is 16.5. The van der Waals surface area contributed by atoms with Crippen LogP contribution in [0.4, 0.5) is 10.6 Å². The second-order valence-electron chi connectivity index (χ2n) is 3.28. The summed E-state index contributed by atoms with van der Waals surface area (Å²) >= 11 is 0. The summed E-state index contributed by atoms with van der Waals surface area (Å²) in [4.78, 5) is 19.0. The van der Waals surface area contributed by atoms with Gasteiger partial charge in [-0.2, -0.15) is 0 Å². The molecule has 0 aliphatic carbocycles. The third-order valence-electron chi connectivity index (χ3n) is 1.93. The quantitative estimate of drug-likeness (QED) is 0.665. The number of ether oxygens (including phenoxy) is 2. The van der Waals surface area contributed by atoms with Crippen molar-refractivity contribution in [3.63, 3.8) is 0 Å². The van der Waals surface area contributed by atoms with Gasteiger partial charge in [0.05, 0.1) is 19.8 Å². The van der Waals surface area contributed by atoms with Crippen LogP contribution in [0.25, 0.3) is 0 Å². The van der Waals surface area contributed by atoms with E-state index in [2.05, 4.69) is 20.6 Å². The van der Waals surface area contributed by atoms with E-state index in [-0.39, 0.29) is 6.03 Å². The lowest BCUT2D eigenvalue weighted by Gasteiger charge is -2.07. The van der Waals surface area contributed by atoms with E-state index in [4.69, 9.17) is 9.47 Å². The first-order valence-corrected chi connectivity index (χ1v) is 5.79. The summed E-state index contributed by atoms with van der Waals surface area (Å²) in [5.74, 6) is 0.458. The van der Waals surface area contributed by atoms with Crippen molar-refractivity contribution in [3.05, 3.63) is 18.6 Å². The van der Waals surface area contributed by atoms with Gasteiger partial charge in [0, 0.05) is 19.3 Å². The molecular formula is C11H18N4O3. The van der Waals surface area contributed by atoms with Crippen molar-refractivity contribution >= 4 is 11.8 Å². The van der Waals surface area contributed by atoms with Gasteiger partial charge in [0.25, 0.3) is 0 Å². The van der Waals surface area contributed by atoms with E-state index in [0.717, 1.165) is 0 Å². The van der Waals surface area contributed by atoms with Crippen molar-refractivity contribution in [1.29, 1.82) is 0 Å². The van der Waals surface area contributed by atoms with Crippen LogP contribution in [0.15, 0.2) is 18.6 Å². The van der Waals surface area contributed by atoms with Crippen molar-refractivity contribution < 1.29 is 14.3 Å². The zero-order valence-electron chi connectivity index (χ0n) is 10.4. The Kier molecular flexibility index (Phi) is 7.42. The molecule has 0 aromatic carbocycles. The van der Waals surface area contributed by atoms with Gasteiger partial charge in [0.1, 0.15) is 12.1 Å². The van der Waals surface area contributed by atoms with Crippen LogP contribution < -0.4 is 10.6 Å². The molecule has 100 valence electrons. The van der Waals surface area contributed by atoms with Crippen LogP contribution >= 0.6 is 0 Å². The lowest BCUT2D eigenvalue weighted by Crippen LogP contribution is -2.32. The predicted octanol–water partition coefficient (Wildman–Crippen LogP) is 0.651. The Balaban J connectivity index is 2.00. The monoisotopic (exact) mass is 254 g/mol. The molecule has 0 atom stereocenters. The third-order valence-corrected chi connectivity index (χ3v) is 1.93. The summed E-state index contributed by atoms with van der Waals surface area (Å²) < 4.78 is 10.3. The Labute approximate surface area is 106 Å². The number of aromatic nitrogens is 2. The van der Waals surface area contributed by atoms with Gasteiger partial charge in [0.15, 0.2) is 0 Å². The highest BCUT2D eigenvalue weighted by Crippen LogP contribution is 1.96. The Hall–Kier alpha value is -1.73. The molecule has 1 rings (SSSR count). The zero-order valence-corrected chi connectivity index (χ0v) is 10.4. The average molecular weight is 254 g/mol. The lowest BCUT2D eigenvalue weighted by atomic mass is 10.6. The molecule has 0 saturated heterocycles. The molecule has 0 bridgehead atoms. The van der Waals surface area contributed by atoms with Crippen molar-refractivity contribution in [2.75, 3.05) is 38.3 Å². The van der Waals surface area contributed by atoms with Gasteiger partial charge in [0.2, 0.25) is 0 Å². The zero-order chi connectivity index (χ0) is 13.1. The second-order valence-corrected chi connectivity index (χ2v) is 3.28. The number of carbonyl (C=O) groups is 1. The van der Waals surface area contributed by atoms with Gasteiger partial charge >= 0.3 is 6.03 Å². The first-order chi connectivity index (χ1) is 8.83. The van der Waals surface area contributed by atoms with E-state index in [0.29, 0.717) is 38.8 Å². The van der Waals surface area contributed by atoms with Crippen molar-refractivity contribution in [2.45, 2.75) is 6.92 Å². The Morgan fingerprint density at radius 1 is 1.33 bits per heavy atom. The van der Waals surface area contributed by atoms with Crippen LogP contribution in [-0.2, 0) is 9.47 Å². The highest BCUT2D eigenvalue weighted by molar-refractivity contribution is 5.87. The van der Waals surface area contributed by atoms with E-state index in [9.17, 15) is 4.79 Å². The molecule has 1 aromatic rings. The van der Waals surface area contributed by atoms with Gasteiger partial charge in [-0.1, -0.05) is 0 Å². The van der Waals surface area contributed by atoms with E-state index in [1.165, 1.54) is 6.33 Å². The lowest BCUT2D eigenvalue weighted by molar-refractivity contribution is 0.0547. The molecule has 7 nitrogen and oxygen atoms in total. The topological polar surface area (TPSA) is 85.4 Å². The summed E-state index contributed by atoms with van der Waals surface area (Å²) in [6, 6.07) is 1.29. The number of anilines is 1. The molecular weight excluding hydrogens is 236 g/mol. The summed E-state index contributed by atoms with van der Waals surface area (Å²) in [5, 5.41) is 5.22. The van der Waals surface area contributed by atoms with Gasteiger partial charge in [-0.05, 0) is 13.0 Å². The van der Waals surface area contributed by atoms with Crippen molar-refractivity contribution in [3.8, 4) is 0 Å². The maximum Gasteiger partial charge on any atom is 0.320 e. The van der Waals surface area contributed by atoms with Crippen LogP contribution in [0.1, 0.15) is 6.92 Å². The summed E-state index contributed by atoms with van der Waals surface area (Å²) in [6.45, 7) is 4.60. The maximum atomic E-state index is 11.4. The van der Waals surface area contributed by atoms with Crippen LogP contribution in [-0.4, -0.2) is 49.0 Å². The predicted molar refractivity (Wildman–Crippen MR) is 66.4 cm³/mol. The molecule has 1 aromatic heterocycles. The molecule has 0 aliphatic rings. The van der Waals surface area contributed by atoms with Crippen LogP contribution in [0.5, 0.6) is 0 Å². The van der Waals surface area contributed by atoms with E-state index < -0.39 is 0 Å². The molecule has 0 spiro atoms. The van der Waals surface area contributed by atoms with E-state index in [1.54, 1.807) is 12.3 Å². The largest absolute Gasteiger partial charge is 0.379 e. The molecule has 0 aliphatic heterocycles. The van der Waals surface area contributed by atoms with Crippen LogP contribution in [0.3, 0.4) is 0 Å². The number of rotatable bonds is 8. The molecule has 0 saturated carbocycles. The summed E-state index contributed by atoms with van der Waals surface area (Å²) in [5.41, 5.74) is 0. The molecule has 0 unspecified atom stereocenters. The smallest absolute Gasteiger partial charge is 0.320 e. The molecule has 18 heavy (non-hydrogen) atoms. The molecule has 7 heteroatoms. The number of urea groups is 1. The number of amides is 2. The number of nitrogens with one attached hydrogen (secondary N) is 2. The summed E-state index contributed by atoms with van der Waals surface area (Å²) in [7, 11) is 0. The number of hydrogen-bond acceptors (Lipinski definition) is 5. The Morgan fingerprint density at radius 2 is 2.17 bits per heavy atom. The number of nitrogens with zero attached hydrogens (tertiary/aromatic N) is 2. The van der Waals surface area contributed by atoms with E-state index >= 15 is 0 Å². The SMILES string of the molecule is CCOCCOCCNC(=O)Nc1ccncn1. The first kappa shape index (κ1) is 14.3. The normalized spacial score (nSPS) is 10.1. The summed E-state index contributed by atoms with van der Waals surface area (Å²) in [6.07, 6.45) is 2.92. The van der Waals surface area contributed by atoms with Crippen molar-refractivity contribution in [1.82, 2.24) is 15.3 Å². The minimum absolute atomic E-state index is 0.317. The Morgan fingerprint density at radius 3 is 2.89 bits per heavy atom. The van der Waals surface area contributed by atoms with Crippen LogP contribution in [0.2, 0.25) is 0 Å². The fourth-order valence-corrected chi connectivity index (χ4v) is 1.13. The molecule has 0 fully saturated rings. The molecule has 1 heterocycles. The van der Waals surface area contributed by atoms with Crippen molar-refractivity contribution in [2.24, 2.45) is 0 Å². The van der Waals surface area contributed by atoms with Gasteiger partial charge in [-0.15, -0.1) is 0 Å². The first-order valence-electron chi connectivity index (χ1n) is 5.79. The average Bonchev–Trinajstić information content (AvgIpc) is 2.39. The molecule has 0 radical (unpaired) electrons. The second kappa shape index (κ2) is 9.32. The van der Waals surface area contributed by atoms with E-state index in [1.807, 2.05) is 6.92 Å². The number of hydrogen-bond donors (Lipinski definition) is 2. The highest BCUT2D eigenvalue weighted by Gasteiger charge is 2.00. The van der Waals surface area contributed by atoms with Gasteiger partial charge < -0.3 is 14.8 Å². The van der Waals surface area contributed by atoms with Crippen LogP contribution in [0, 0.1) is 0 Å². The standard InChI is InChI=1S/C11H18N4O3/c1-2-17-7-8-18-6-5-13-11(16)15-10-3-4-12-9-14-10/h3-4,9H,2,5-8H2,1H3,(H2,12,13,14,15,16). The third kappa shape index (κ3) is 6.77. The fourth-order valence-electron chi connectivity index (χ4n) is 1.13. The molecule has 2 amide bonds. The van der Waals surface area contributed by atoms with Gasteiger partial charge in [-0.3, -0.25) is 5.32 Å². The maximum absolute atomic E-state index is 11.4.